The Morgan fingerprint density at radius 3 is 2.77 bits per heavy atom. The summed E-state index contributed by atoms with van der Waals surface area (Å²) in [4.78, 5) is 2.30. The topological polar surface area (TPSA) is 61.8 Å². The summed E-state index contributed by atoms with van der Waals surface area (Å²) in [5.74, 6) is 0. The minimum absolute atomic E-state index is 0.584. The third-order valence-electron chi connectivity index (χ3n) is 1.98. The van der Waals surface area contributed by atoms with Crippen LogP contribution >= 0.6 is 0 Å². The predicted octanol–water partition coefficient (Wildman–Crippen LogP) is -0.565. The zero-order valence-electron chi connectivity index (χ0n) is 7.57. The van der Waals surface area contributed by atoms with Crippen molar-refractivity contribution in [3.8, 4) is 0 Å². The van der Waals surface area contributed by atoms with Crippen LogP contribution in [0.15, 0.2) is 0 Å². The molecule has 78 valence electrons. The minimum atomic E-state index is -1.87. The molecule has 0 amide bonds. The lowest BCUT2D eigenvalue weighted by Crippen LogP contribution is -2.37. The van der Waals surface area contributed by atoms with E-state index in [1.165, 1.54) is 0 Å². The second kappa shape index (κ2) is 6.44. The summed E-state index contributed by atoms with van der Waals surface area (Å²) in [6, 6.07) is 0. The molecule has 0 aromatic heterocycles. The van der Waals surface area contributed by atoms with Crippen LogP contribution < -0.4 is 4.72 Å². The average molecular weight is 208 g/mol. The van der Waals surface area contributed by atoms with Crippen LogP contribution in [0.1, 0.15) is 6.42 Å². The van der Waals surface area contributed by atoms with Crippen molar-refractivity contribution >= 4 is 11.3 Å². The summed E-state index contributed by atoms with van der Waals surface area (Å²) in [6.45, 7) is 5.11. The Kier molecular flexibility index (Phi) is 5.49. The first-order chi connectivity index (χ1) is 6.29. The van der Waals surface area contributed by atoms with Crippen LogP contribution in [0.2, 0.25) is 0 Å². The maximum atomic E-state index is 10.2. The van der Waals surface area contributed by atoms with Crippen LogP contribution in [0.3, 0.4) is 0 Å². The fourth-order valence-corrected chi connectivity index (χ4v) is 1.61. The molecule has 1 fully saturated rings. The van der Waals surface area contributed by atoms with Crippen molar-refractivity contribution < 1.29 is 13.5 Å². The van der Waals surface area contributed by atoms with Crippen LogP contribution in [0.4, 0.5) is 0 Å². The molecule has 1 heterocycles. The molecule has 13 heavy (non-hydrogen) atoms. The van der Waals surface area contributed by atoms with Crippen LogP contribution in [0.5, 0.6) is 0 Å². The Labute approximate surface area is 80.9 Å². The van der Waals surface area contributed by atoms with Crippen molar-refractivity contribution in [3.63, 3.8) is 0 Å². The van der Waals surface area contributed by atoms with E-state index in [1.807, 2.05) is 0 Å². The molecule has 2 N–H and O–H groups in total. The highest BCUT2D eigenvalue weighted by Gasteiger charge is 2.08. The van der Waals surface area contributed by atoms with Crippen LogP contribution in [0, 0.1) is 0 Å². The van der Waals surface area contributed by atoms with Crippen LogP contribution in [-0.2, 0) is 16.0 Å². The molecule has 0 saturated carbocycles. The van der Waals surface area contributed by atoms with Crippen molar-refractivity contribution in [1.82, 2.24) is 9.62 Å². The molecule has 1 aliphatic rings. The predicted molar refractivity (Wildman–Crippen MR) is 50.6 cm³/mol. The molecule has 1 aliphatic heterocycles. The number of rotatable bonds is 5. The second-order valence-corrected chi connectivity index (χ2v) is 3.74. The zero-order valence-corrected chi connectivity index (χ0v) is 8.39. The largest absolute Gasteiger partial charge is 0.379 e. The molecule has 0 aliphatic carbocycles. The number of nitrogens with one attached hydrogen (secondary N) is 1. The maximum absolute atomic E-state index is 10.2. The lowest BCUT2D eigenvalue weighted by atomic mass is 10.3. The van der Waals surface area contributed by atoms with Gasteiger partial charge in [0.05, 0.1) is 13.2 Å². The zero-order chi connectivity index (χ0) is 9.52. The van der Waals surface area contributed by atoms with Gasteiger partial charge in [0.15, 0.2) is 0 Å². The molecule has 0 aromatic carbocycles. The molecule has 0 bridgehead atoms. The Morgan fingerprint density at radius 1 is 1.46 bits per heavy atom. The van der Waals surface area contributed by atoms with Gasteiger partial charge in [-0.05, 0) is 13.0 Å². The highest BCUT2D eigenvalue weighted by Crippen LogP contribution is 1.97. The molecule has 0 radical (unpaired) electrons. The molecule has 1 unspecified atom stereocenters. The quantitative estimate of drug-likeness (QED) is 0.469. The lowest BCUT2D eigenvalue weighted by Gasteiger charge is -2.26. The number of ether oxygens (including phenoxy) is 1. The van der Waals surface area contributed by atoms with Gasteiger partial charge in [-0.15, -0.1) is 0 Å². The van der Waals surface area contributed by atoms with Gasteiger partial charge in [-0.3, -0.25) is 9.45 Å². The fraction of sp³-hybridized carbons (Fsp3) is 1.00. The average Bonchev–Trinajstić information content (AvgIpc) is 2.14. The summed E-state index contributed by atoms with van der Waals surface area (Å²) in [6.07, 6.45) is 0.895. The molecule has 5 nitrogen and oxygen atoms in total. The molecule has 6 heteroatoms. The summed E-state index contributed by atoms with van der Waals surface area (Å²) >= 11 is -1.87. The standard InChI is InChI=1S/C7H16N2O3S/c10-13(11)8-2-1-3-9-4-6-12-7-5-9/h8H,1-7H2,(H,10,11). The van der Waals surface area contributed by atoms with E-state index in [9.17, 15) is 4.21 Å². The Balaban J connectivity index is 1.95. The Hall–Kier alpha value is -0.0100. The van der Waals surface area contributed by atoms with Crippen molar-refractivity contribution in [2.75, 3.05) is 39.4 Å². The third-order valence-corrected chi connectivity index (χ3v) is 2.43. The van der Waals surface area contributed by atoms with E-state index in [-0.39, 0.29) is 0 Å². The van der Waals surface area contributed by atoms with Crippen molar-refractivity contribution in [1.29, 1.82) is 0 Å². The van der Waals surface area contributed by atoms with Gasteiger partial charge in [0.2, 0.25) is 11.3 Å². The van der Waals surface area contributed by atoms with Gasteiger partial charge in [0.1, 0.15) is 0 Å². The van der Waals surface area contributed by atoms with Gasteiger partial charge in [-0.1, -0.05) is 0 Å². The number of nitrogens with zero attached hydrogens (tertiary/aromatic N) is 1. The van der Waals surface area contributed by atoms with Crippen LogP contribution in [-0.4, -0.2) is 53.1 Å². The monoisotopic (exact) mass is 208 g/mol. The normalized spacial score (nSPS) is 21.6. The molecule has 1 rings (SSSR count). The molecule has 1 saturated heterocycles. The summed E-state index contributed by atoms with van der Waals surface area (Å²) < 4.78 is 26.3. The van der Waals surface area contributed by atoms with Crippen molar-refractivity contribution in [2.45, 2.75) is 6.42 Å². The van der Waals surface area contributed by atoms with E-state index in [0.29, 0.717) is 6.54 Å². The number of morpholine rings is 1. The first-order valence-electron chi connectivity index (χ1n) is 4.43. The first-order valence-corrected chi connectivity index (χ1v) is 5.54. The Morgan fingerprint density at radius 2 is 2.15 bits per heavy atom. The molecule has 1 atom stereocenters. The van der Waals surface area contributed by atoms with Crippen molar-refractivity contribution in [3.05, 3.63) is 0 Å². The minimum Gasteiger partial charge on any atom is -0.379 e. The van der Waals surface area contributed by atoms with Gasteiger partial charge in [0, 0.05) is 19.6 Å². The van der Waals surface area contributed by atoms with Gasteiger partial charge in [-0.25, -0.2) is 8.93 Å². The van der Waals surface area contributed by atoms with Crippen molar-refractivity contribution in [2.24, 2.45) is 0 Å². The van der Waals surface area contributed by atoms with E-state index in [4.69, 9.17) is 9.29 Å². The first kappa shape index (κ1) is 11.1. The lowest BCUT2D eigenvalue weighted by molar-refractivity contribution is 0.0376. The summed E-state index contributed by atoms with van der Waals surface area (Å²) in [5.41, 5.74) is 0. The number of hydrogen-bond acceptors (Lipinski definition) is 3. The van der Waals surface area contributed by atoms with Crippen LogP contribution in [0.25, 0.3) is 0 Å². The van der Waals surface area contributed by atoms with E-state index < -0.39 is 11.3 Å². The molecular formula is C7H16N2O3S. The molecular weight excluding hydrogens is 192 g/mol. The van der Waals surface area contributed by atoms with E-state index in [1.54, 1.807) is 0 Å². The van der Waals surface area contributed by atoms with E-state index in [2.05, 4.69) is 9.62 Å². The molecule has 0 spiro atoms. The second-order valence-electron chi connectivity index (χ2n) is 2.95. The van der Waals surface area contributed by atoms with E-state index >= 15 is 0 Å². The van der Waals surface area contributed by atoms with Gasteiger partial charge >= 0.3 is 0 Å². The smallest absolute Gasteiger partial charge is 0.231 e. The van der Waals surface area contributed by atoms with Gasteiger partial charge in [-0.2, -0.15) is 0 Å². The maximum Gasteiger partial charge on any atom is 0.231 e. The third kappa shape index (κ3) is 5.33. The molecule has 0 aromatic rings. The summed E-state index contributed by atoms with van der Waals surface area (Å²) in [7, 11) is 0. The Bertz CT molecular complexity index is 162. The SMILES string of the molecule is O=S(O)NCCCN1CCOCC1. The van der Waals surface area contributed by atoms with Gasteiger partial charge < -0.3 is 4.74 Å². The number of hydrogen-bond donors (Lipinski definition) is 2. The fourth-order valence-electron chi connectivity index (χ4n) is 1.29. The highest BCUT2D eigenvalue weighted by molar-refractivity contribution is 7.77. The summed E-state index contributed by atoms with van der Waals surface area (Å²) in [5, 5.41) is 0. The van der Waals surface area contributed by atoms with Gasteiger partial charge in [0.25, 0.3) is 0 Å². The van der Waals surface area contributed by atoms with E-state index in [0.717, 1.165) is 39.3 Å². The highest BCUT2D eigenvalue weighted by atomic mass is 32.2.